The van der Waals surface area contributed by atoms with Crippen LogP contribution in [0.25, 0.3) is 0 Å². The normalized spacial score (nSPS) is 29.1. The molecule has 3 nitrogen and oxygen atoms in total. The third kappa shape index (κ3) is 1.28. The van der Waals surface area contributed by atoms with Crippen molar-refractivity contribution in [3.63, 3.8) is 0 Å². The molecule has 1 saturated heterocycles. The van der Waals surface area contributed by atoms with Gasteiger partial charge >= 0.3 is 0 Å². The van der Waals surface area contributed by atoms with Crippen LogP contribution in [0.4, 0.5) is 5.82 Å². The average molecular weight is 189 g/mol. The van der Waals surface area contributed by atoms with Crippen LogP contribution in [0.3, 0.4) is 0 Å². The summed E-state index contributed by atoms with van der Waals surface area (Å²) in [5, 5.41) is 0. The summed E-state index contributed by atoms with van der Waals surface area (Å²) in [6.45, 7) is 3.00. The van der Waals surface area contributed by atoms with Crippen LogP contribution in [0, 0.1) is 11.8 Å². The lowest BCUT2D eigenvalue weighted by Gasteiger charge is -2.18. The first kappa shape index (κ1) is 8.24. The van der Waals surface area contributed by atoms with Gasteiger partial charge in [0.1, 0.15) is 5.82 Å². The molecule has 1 aliphatic carbocycles. The lowest BCUT2D eigenvalue weighted by molar-refractivity contribution is 0.804. The Balaban J connectivity index is 1.76. The standard InChI is InChI=1S/C11H15N3/c12-4-8-1-2-11(13-5-8)14-6-9-3-10(9)7-14/h1-2,5,9-10H,3-4,6-7,12H2. The molecule has 74 valence electrons. The number of hydrogen-bond donors (Lipinski definition) is 1. The van der Waals surface area contributed by atoms with Crippen molar-refractivity contribution >= 4 is 5.82 Å². The van der Waals surface area contributed by atoms with Crippen molar-refractivity contribution in [1.82, 2.24) is 4.98 Å². The molecule has 2 aliphatic rings. The molecule has 0 aromatic carbocycles. The van der Waals surface area contributed by atoms with Gasteiger partial charge in [0, 0.05) is 25.8 Å². The van der Waals surface area contributed by atoms with E-state index in [1.165, 1.54) is 19.5 Å². The second-order valence-corrected chi connectivity index (χ2v) is 4.39. The summed E-state index contributed by atoms with van der Waals surface area (Å²) >= 11 is 0. The summed E-state index contributed by atoms with van der Waals surface area (Å²) < 4.78 is 0. The summed E-state index contributed by atoms with van der Waals surface area (Å²) in [6.07, 6.45) is 3.33. The van der Waals surface area contributed by atoms with Crippen LogP contribution < -0.4 is 10.6 Å². The molecule has 2 atom stereocenters. The van der Waals surface area contributed by atoms with Crippen LogP contribution in [-0.4, -0.2) is 18.1 Å². The molecule has 1 aliphatic heterocycles. The maximum Gasteiger partial charge on any atom is 0.128 e. The van der Waals surface area contributed by atoms with Crippen molar-refractivity contribution in [2.24, 2.45) is 17.6 Å². The smallest absolute Gasteiger partial charge is 0.128 e. The van der Waals surface area contributed by atoms with E-state index >= 15 is 0 Å². The predicted octanol–water partition coefficient (Wildman–Crippen LogP) is 0.996. The van der Waals surface area contributed by atoms with Gasteiger partial charge in [-0.1, -0.05) is 6.07 Å². The van der Waals surface area contributed by atoms with Gasteiger partial charge in [-0.3, -0.25) is 0 Å². The Morgan fingerprint density at radius 2 is 2.14 bits per heavy atom. The maximum atomic E-state index is 5.53. The van der Waals surface area contributed by atoms with E-state index in [1.807, 2.05) is 6.20 Å². The van der Waals surface area contributed by atoms with E-state index in [0.717, 1.165) is 23.2 Å². The zero-order valence-electron chi connectivity index (χ0n) is 8.19. The monoisotopic (exact) mass is 189 g/mol. The molecule has 0 radical (unpaired) electrons. The molecule has 14 heavy (non-hydrogen) atoms. The van der Waals surface area contributed by atoms with E-state index in [1.54, 1.807) is 0 Å². The Hall–Kier alpha value is -1.09. The molecule has 1 aromatic rings. The Labute approximate surface area is 83.9 Å². The fraction of sp³-hybridized carbons (Fsp3) is 0.545. The first-order valence-electron chi connectivity index (χ1n) is 5.27. The van der Waals surface area contributed by atoms with Gasteiger partial charge in [-0.05, 0) is 29.9 Å². The lowest BCUT2D eigenvalue weighted by Crippen LogP contribution is -2.22. The molecule has 0 spiro atoms. The summed E-state index contributed by atoms with van der Waals surface area (Å²) in [5.74, 6) is 3.05. The highest BCUT2D eigenvalue weighted by Gasteiger charge is 2.45. The lowest BCUT2D eigenvalue weighted by atomic mass is 10.3. The van der Waals surface area contributed by atoms with Gasteiger partial charge < -0.3 is 10.6 Å². The van der Waals surface area contributed by atoms with Crippen molar-refractivity contribution in [2.45, 2.75) is 13.0 Å². The van der Waals surface area contributed by atoms with E-state index in [9.17, 15) is 0 Å². The Bertz CT molecular complexity index is 323. The number of fused-ring (bicyclic) bond motifs is 1. The molecular formula is C11H15N3. The van der Waals surface area contributed by atoms with Crippen LogP contribution in [0.5, 0.6) is 0 Å². The molecule has 2 N–H and O–H groups in total. The second kappa shape index (κ2) is 2.95. The van der Waals surface area contributed by atoms with E-state index in [4.69, 9.17) is 5.73 Å². The van der Waals surface area contributed by atoms with Crippen LogP contribution in [0.1, 0.15) is 12.0 Å². The highest BCUT2D eigenvalue weighted by Crippen LogP contribution is 2.45. The van der Waals surface area contributed by atoms with Gasteiger partial charge in [-0.2, -0.15) is 0 Å². The number of rotatable bonds is 2. The first-order valence-corrected chi connectivity index (χ1v) is 5.27. The van der Waals surface area contributed by atoms with E-state index < -0.39 is 0 Å². The summed E-state index contributed by atoms with van der Waals surface area (Å²) in [4.78, 5) is 6.82. The average Bonchev–Trinajstić information content (AvgIpc) is 2.86. The third-order valence-corrected chi connectivity index (χ3v) is 3.35. The summed E-state index contributed by atoms with van der Waals surface area (Å²) in [5.41, 5.74) is 6.64. The third-order valence-electron chi connectivity index (χ3n) is 3.35. The highest BCUT2D eigenvalue weighted by atomic mass is 15.2. The van der Waals surface area contributed by atoms with Gasteiger partial charge in [0.05, 0.1) is 0 Å². The van der Waals surface area contributed by atoms with Crippen molar-refractivity contribution < 1.29 is 0 Å². The molecule has 1 aromatic heterocycles. The van der Waals surface area contributed by atoms with Crippen molar-refractivity contribution in [1.29, 1.82) is 0 Å². The quantitative estimate of drug-likeness (QED) is 0.754. The first-order chi connectivity index (χ1) is 6.86. The van der Waals surface area contributed by atoms with Gasteiger partial charge in [0.2, 0.25) is 0 Å². The van der Waals surface area contributed by atoms with Crippen LogP contribution in [-0.2, 0) is 6.54 Å². The van der Waals surface area contributed by atoms with Gasteiger partial charge in [0.15, 0.2) is 0 Å². The van der Waals surface area contributed by atoms with Crippen molar-refractivity contribution in [3.05, 3.63) is 23.9 Å². The Kier molecular flexibility index (Phi) is 1.74. The summed E-state index contributed by atoms with van der Waals surface area (Å²) in [6, 6.07) is 4.17. The largest absolute Gasteiger partial charge is 0.356 e. The van der Waals surface area contributed by atoms with Crippen LogP contribution >= 0.6 is 0 Å². The zero-order chi connectivity index (χ0) is 9.54. The highest BCUT2D eigenvalue weighted by molar-refractivity contribution is 5.42. The fourth-order valence-electron chi connectivity index (χ4n) is 2.31. The molecule has 1 saturated carbocycles. The van der Waals surface area contributed by atoms with Gasteiger partial charge in [-0.25, -0.2) is 4.98 Å². The molecular weight excluding hydrogens is 174 g/mol. The molecule has 0 amide bonds. The van der Waals surface area contributed by atoms with E-state index in [0.29, 0.717) is 6.54 Å². The minimum absolute atomic E-state index is 0.582. The number of pyridine rings is 1. The van der Waals surface area contributed by atoms with Gasteiger partial charge in [0.25, 0.3) is 0 Å². The number of nitrogens with zero attached hydrogens (tertiary/aromatic N) is 2. The molecule has 2 unspecified atom stereocenters. The Morgan fingerprint density at radius 1 is 1.36 bits per heavy atom. The number of nitrogens with two attached hydrogens (primary N) is 1. The number of hydrogen-bond acceptors (Lipinski definition) is 3. The zero-order valence-corrected chi connectivity index (χ0v) is 8.19. The van der Waals surface area contributed by atoms with E-state index in [-0.39, 0.29) is 0 Å². The Morgan fingerprint density at radius 3 is 2.71 bits per heavy atom. The topological polar surface area (TPSA) is 42.1 Å². The minimum atomic E-state index is 0.582. The molecule has 2 fully saturated rings. The minimum Gasteiger partial charge on any atom is -0.356 e. The van der Waals surface area contributed by atoms with E-state index in [2.05, 4.69) is 22.0 Å². The van der Waals surface area contributed by atoms with Crippen molar-refractivity contribution in [2.75, 3.05) is 18.0 Å². The number of anilines is 1. The molecule has 0 bridgehead atoms. The molecule has 2 heterocycles. The molecule has 3 rings (SSSR count). The number of aromatic nitrogens is 1. The van der Waals surface area contributed by atoms with Crippen LogP contribution in [0.2, 0.25) is 0 Å². The number of piperidine rings is 1. The van der Waals surface area contributed by atoms with Crippen LogP contribution in [0.15, 0.2) is 18.3 Å². The van der Waals surface area contributed by atoms with Crippen molar-refractivity contribution in [3.8, 4) is 0 Å². The second-order valence-electron chi connectivity index (χ2n) is 4.39. The summed E-state index contributed by atoms with van der Waals surface area (Å²) in [7, 11) is 0. The SMILES string of the molecule is NCc1ccc(N2CC3CC3C2)nc1. The predicted molar refractivity (Wildman–Crippen MR) is 55.9 cm³/mol. The maximum absolute atomic E-state index is 5.53. The molecule has 3 heteroatoms. The van der Waals surface area contributed by atoms with Gasteiger partial charge in [-0.15, -0.1) is 0 Å². The fourth-order valence-corrected chi connectivity index (χ4v) is 2.31.